The van der Waals surface area contributed by atoms with E-state index < -0.39 is 224 Å². The molecule has 0 unspecified atom stereocenters. The maximum Gasteiger partial charge on any atom is 0.460 e. The maximum atomic E-state index is 14.6. The van der Waals surface area contributed by atoms with Crippen molar-refractivity contribution < 1.29 is 224 Å². The van der Waals surface area contributed by atoms with Crippen molar-refractivity contribution in [1.29, 1.82) is 0 Å². The van der Waals surface area contributed by atoms with Crippen molar-refractivity contribution in [2.24, 2.45) is 0 Å². The molecule has 0 radical (unpaired) electrons. The third-order valence-corrected chi connectivity index (χ3v) is 12.5. The van der Waals surface area contributed by atoms with Gasteiger partial charge in [-0.05, 0) is 50.5 Å². The summed E-state index contributed by atoms with van der Waals surface area (Å²) in [5.41, 5.74) is -4.31. The summed E-state index contributed by atoms with van der Waals surface area (Å²) in [5, 5.41) is 0. The van der Waals surface area contributed by atoms with Crippen molar-refractivity contribution in [3.05, 3.63) is 22.8 Å². The van der Waals surface area contributed by atoms with Crippen LogP contribution in [0.5, 0.6) is 0 Å². The number of halogens is 51. The van der Waals surface area contributed by atoms with Gasteiger partial charge in [0.2, 0.25) is 0 Å². The van der Waals surface area contributed by atoms with Crippen molar-refractivity contribution in [1.82, 2.24) is 0 Å². The maximum absolute atomic E-state index is 14.6. The molecule has 0 aromatic rings. The fourth-order valence-corrected chi connectivity index (χ4v) is 7.07. The molecule has 0 fully saturated rings. The molecule has 0 heterocycles. The Morgan fingerprint density at radius 2 is 0.371 bits per heavy atom. The van der Waals surface area contributed by atoms with Gasteiger partial charge in [0.25, 0.3) is 0 Å². The van der Waals surface area contributed by atoms with Crippen LogP contribution in [0.15, 0.2) is 22.8 Å². The standard InChI is InChI=1S/C38H21F51/c39-15(40,18(45,46)21(51,52)24(57,58)27(63,64)30(69,70)33(75,76)36(81,82)83)7-1-4-12-10-13(5-2-8-16(41,42)19(47,48)22(53,54)25(59,60)28(65,66)31(71,72)34(77,78)37(84,85)86)14(11-12)6-3-9-17(43,44)20(49,50)23(55,56)26(61,62)29(67,68)32(73,74)35(79,80)38(87,88)89/h10H,1-9,11H2. The van der Waals surface area contributed by atoms with E-state index in [1.54, 1.807) is 0 Å². The highest BCUT2D eigenvalue weighted by atomic mass is 19.5. The average molecular weight is 1450 g/mol. The summed E-state index contributed by atoms with van der Waals surface area (Å²) in [7, 11) is 0. The van der Waals surface area contributed by atoms with Crippen LogP contribution in [0, 0.1) is 0 Å². The smallest absolute Gasteiger partial charge is 0.200 e. The van der Waals surface area contributed by atoms with Gasteiger partial charge < -0.3 is 0 Å². The van der Waals surface area contributed by atoms with Crippen LogP contribution in [-0.2, 0) is 0 Å². The van der Waals surface area contributed by atoms with Gasteiger partial charge in [-0.2, -0.15) is 224 Å². The summed E-state index contributed by atoms with van der Waals surface area (Å²) in [6.07, 6.45) is -50.6. The van der Waals surface area contributed by atoms with Gasteiger partial charge in [-0.3, -0.25) is 0 Å². The largest absolute Gasteiger partial charge is 0.460 e. The zero-order valence-corrected chi connectivity index (χ0v) is 40.4. The molecular weight excluding hydrogens is 1430 g/mol. The third-order valence-electron chi connectivity index (χ3n) is 12.5. The van der Waals surface area contributed by atoms with E-state index in [4.69, 9.17) is 0 Å². The molecule has 0 amide bonds. The quantitative estimate of drug-likeness (QED) is 0.0629. The summed E-state index contributed by atoms with van der Waals surface area (Å²) in [6, 6.07) is 0. The summed E-state index contributed by atoms with van der Waals surface area (Å²) in [4.78, 5) is 0. The Hall–Kier alpha value is -4.09. The minimum Gasteiger partial charge on any atom is -0.200 e. The van der Waals surface area contributed by atoms with Gasteiger partial charge in [0.05, 0.1) is 0 Å². The Labute approximate surface area is 454 Å². The van der Waals surface area contributed by atoms with E-state index in [0.29, 0.717) is 0 Å². The molecule has 89 heavy (non-hydrogen) atoms. The molecule has 0 bridgehead atoms. The number of hydrogen-bond donors (Lipinski definition) is 0. The Kier molecular flexibility index (Phi) is 21.0. The van der Waals surface area contributed by atoms with Crippen LogP contribution >= 0.6 is 0 Å². The van der Waals surface area contributed by atoms with Crippen LogP contribution in [0.1, 0.15) is 64.2 Å². The monoisotopic (exact) mass is 1450 g/mol. The molecule has 1 rings (SSSR count). The van der Waals surface area contributed by atoms with Gasteiger partial charge >= 0.3 is 143 Å². The topological polar surface area (TPSA) is 0 Å². The lowest BCUT2D eigenvalue weighted by Gasteiger charge is -2.42. The first-order chi connectivity index (χ1) is 38.0. The minimum atomic E-state index is -9.25. The van der Waals surface area contributed by atoms with Gasteiger partial charge in [-0.1, -0.05) is 17.2 Å². The van der Waals surface area contributed by atoms with Crippen molar-refractivity contribution in [2.75, 3.05) is 0 Å². The number of allylic oxidation sites excluding steroid dienone is 4. The highest BCUT2D eigenvalue weighted by molar-refractivity contribution is 5.39. The normalized spacial score (nSPS) is 17.5. The van der Waals surface area contributed by atoms with Gasteiger partial charge in [0.15, 0.2) is 0 Å². The lowest BCUT2D eigenvalue weighted by Crippen LogP contribution is -2.74. The second-order valence-corrected chi connectivity index (χ2v) is 18.6. The Balaban J connectivity index is 3.94. The molecule has 0 aromatic heterocycles. The molecule has 0 aromatic carbocycles. The highest BCUT2D eigenvalue weighted by Crippen LogP contribution is 2.68. The van der Waals surface area contributed by atoms with E-state index in [9.17, 15) is 224 Å². The second kappa shape index (κ2) is 22.6. The van der Waals surface area contributed by atoms with Crippen molar-refractivity contribution >= 4 is 0 Å². The molecular formula is C38H21F51. The number of rotatable bonds is 30. The first-order valence-corrected chi connectivity index (χ1v) is 21.5. The van der Waals surface area contributed by atoms with E-state index in [2.05, 4.69) is 0 Å². The summed E-state index contributed by atoms with van der Waals surface area (Å²) >= 11 is 0. The lowest BCUT2D eigenvalue weighted by atomic mass is 9.87. The van der Waals surface area contributed by atoms with E-state index in [1.807, 2.05) is 0 Å². The molecule has 0 atom stereocenters. The van der Waals surface area contributed by atoms with Gasteiger partial charge in [-0.15, -0.1) is 0 Å². The summed E-state index contributed by atoms with van der Waals surface area (Å²) < 4.78 is 698. The molecule has 0 saturated heterocycles. The second-order valence-electron chi connectivity index (χ2n) is 18.6. The van der Waals surface area contributed by atoms with Gasteiger partial charge in [0.1, 0.15) is 0 Å². The zero-order chi connectivity index (χ0) is 72.5. The lowest BCUT2D eigenvalue weighted by molar-refractivity contribution is -0.461. The van der Waals surface area contributed by atoms with Crippen LogP contribution in [-0.4, -0.2) is 143 Å². The predicted molar refractivity (Wildman–Crippen MR) is 183 cm³/mol. The van der Waals surface area contributed by atoms with Crippen LogP contribution < -0.4 is 0 Å². The van der Waals surface area contributed by atoms with Crippen LogP contribution in [0.2, 0.25) is 0 Å². The Morgan fingerprint density at radius 3 is 0.573 bits per heavy atom. The molecule has 0 nitrogen and oxygen atoms in total. The van der Waals surface area contributed by atoms with Crippen LogP contribution in [0.4, 0.5) is 224 Å². The van der Waals surface area contributed by atoms with Crippen molar-refractivity contribution in [2.45, 2.75) is 207 Å². The van der Waals surface area contributed by atoms with E-state index >= 15 is 0 Å². The zero-order valence-electron chi connectivity index (χ0n) is 40.4. The van der Waals surface area contributed by atoms with E-state index in [1.165, 1.54) is 0 Å². The van der Waals surface area contributed by atoms with Crippen molar-refractivity contribution in [3.63, 3.8) is 0 Å². The first kappa shape index (κ1) is 82.9. The van der Waals surface area contributed by atoms with Crippen molar-refractivity contribution in [3.8, 4) is 0 Å². The number of hydrogen-bond acceptors (Lipinski definition) is 0. The van der Waals surface area contributed by atoms with E-state index in [-0.39, 0.29) is 6.08 Å². The fourth-order valence-electron chi connectivity index (χ4n) is 7.07. The summed E-state index contributed by atoms with van der Waals surface area (Å²) in [5.74, 6) is -183. The molecule has 1 aliphatic carbocycles. The molecule has 530 valence electrons. The van der Waals surface area contributed by atoms with Gasteiger partial charge in [0, 0.05) is 19.3 Å². The van der Waals surface area contributed by atoms with E-state index in [0.717, 1.165) is 0 Å². The van der Waals surface area contributed by atoms with Crippen LogP contribution in [0.3, 0.4) is 0 Å². The predicted octanol–water partition coefficient (Wildman–Crippen LogP) is 21.2. The number of alkyl halides is 51. The SMILES string of the molecule is FC(F)(F)C(F)(F)C(F)(F)C(F)(F)C(F)(F)C(F)(F)C(F)(F)C(F)(F)CCCC1=CC(CCCC(F)(F)C(F)(F)C(F)(F)C(F)(F)C(F)(F)C(F)(F)C(F)(F)C(F)(F)F)=C(CCCC(F)(F)C(F)(F)C(F)(F)C(F)(F)C(F)(F)C(F)(F)C(F)(F)C(F)(F)F)C1. The average Bonchev–Trinajstić information content (AvgIpc) is 0.895. The molecule has 0 aliphatic heterocycles. The molecule has 0 saturated carbocycles. The first-order valence-electron chi connectivity index (χ1n) is 21.5. The summed E-state index contributed by atoms with van der Waals surface area (Å²) in [6.45, 7) is 0. The minimum absolute atomic E-state index is 0.180. The molecule has 0 N–H and O–H groups in total. The highest BCUT2D eigenvalue weighted by Gasteiger charge is 2.98. The molecule has 1 aliphatic rings. The molecule has 0 spiro atoms. The van der Waals surface area contributed by atoms with Crippen LogP contribution in [0.25, 0.3) is 0 Å². The molecule has 51 heteroatoms. The van der Waals surface area contributed by atoms with Gasteiger partial charge in [-0.25, -0.2) is 0 Å². The Bertz CT molecular complexity index is 2530. The Morgan fingerprint density at radius 1 is 0.202 bits per heavy atom. The third kappa shape index (κ3) is 11.9. The fraction of sp³-hybridized carbons (Fsp3) is 0.895.